The van der Waals surface area contributed by atoms with E-state index >= 15 is 0 Å². The van der Waals surface area contributed by atoms with Crippen LogP contribution in [0.2, 0.25) is 0 Å². The van der Waals surface area contributed by atoms with Gasteiger partial charge in [-0.25, -0.2) is 0 Å². The van der Waals surface area contributed by atoms with Gasteiger partial charge in [0.1, 0.15) is 5.75 Å². The fourth-order valence-electron chi connectivity index (χ4n) is 3.51. The molecule has 1 unspecified atom stereocenters. The predicted molar refractivity (Wildman–Crippen MR) is 107 cm³/mol. The summed E-state index contributed by atoms with van der Waals surface area (Å²) in [6, 6.07) is 21.5. The van der Waals surface area contributed by atoms with E-state index < -0.39 is 0 Å². The van der Waals surface area contributed by atoms with Gasteiger partial charge in [-0.05, 0) is 52.4 Å². The number of hydrogen-bond acceptors (Lipinski definition) is 2. The van der Waals surface area contributed by atoms with E-state index in [-0.39, 0.29) is 5.92 Å². The van der Waals surface area contributed by atoms with Crippen LogP contribution in [0, 0.1) is 0 Å². The van der Waals surface area contributed by atoms with E-state index in [2.05, 4.69) is 74.5 Å². The Morgan fingerprint density at radius 1 is 0.960 bits per heavy atom. The van der Waals surface area contributed by atoms with Crippen LogP contribution in [0.5, 0.6) is 5.75 Å². The normalized spacial score (nSPS) is 12.5. The molecule has 3 aromatic rings. The number of rotatable bonds is 6. The highest BCUT2D eigenvalue weighted by atomic mass is 16.5. The Bertz CT molecular complexity index is 848. The lowest BCUT2D eigenvalue weighted by molar-refractivity contribution is 0.408. The second-order valence-corrected chi connectivity index (χ2v) is 6.93. The van der Waals surface area contributed by atoms with Gasteiger partial charge in [-0.3, -0.25) is 0 Å². The van der Waals surface area contributed by atoms with Crippen LogP contribution >= 0.6 is 0 Å². The van der Waals surface area contributed by atoms with Crippen LogP contribution in [0.1, 0.15) is 42.4 Å². The van der Waals surface area contributed by atoms with Gasteiger partial charge in [0.25, 0.3) is 0 Å². The summed E-state index contributed by atoms with van der Waals surface area (Å²) in [6.07, 6.45) is 0.883. The van der Waals surface area contributed by atoms with Crippen molar-refractivity contribution >= 4 is 10.8 Å². The quantitative estimate of drug-likeness (QED) is 0.668. The summed E-state index contributed by atoms with van der Waals surface area (Å²) < 4.78 is 5.61. The van der Waals surface area contributed by atoms with Gasteiger partial charge in [-0.15, -0.1) is 0 Å². The third-order valence-electron chi connectivity index (χ3n) is 4.99. The average molecular weight is 333 g/mol. The Labute approximate surface area is 150 Å². The van der Waals surface area contributed by atoms with Crippen molar-refractivity contribution in [3.05, 3.63) is 77.4 Å². The minimum absolute atomic E-state index is 0.266. The molecule has 0 radical (unpaired) electrons. The number of ether oxygens (including phenoxy) is 1. The Morgan fingerprint density at radius 2 is 1.72 bits per heavy atom. The summed E-state index contributed by atoms with van der Waals surface area (Å²) in [5.74, 6) is 1.71. The van der Waals surface area contributed by atoms with Crippen LogP contribution in [0.15, 0.2) is 60.7 Å². The molecule has 1 atom stereocenters. The SMILES string of the molecule is COc1ccc(C(C)C)cc1CC(CN)c1cccc2ccccc12. The highest BCUT2D eigenvalue weighted by Crippen LogP contribution is 2.32. The lowest BCUT2D eigenvalue weighted by Crippen LogP contribution is -2.16. The summed E-state index contributed by atoms with van der Waals surface area (Å²) in [7, 11) is 1.74. The van der Waals surface area contributed by atoms with Crippen molar-refractivity contribution in [1.82, 2.24) is 0 Å². The molecule has 0 spiro atoms. The number of methoxy groups -OCH3 is 1. The first-order valence-corrected chi connectivity index (χ1v) is 8.98. The fourth-order valence-corrected chi connectivity index (χ4v) is 3.51. The number of hydrogen-bond donors (Lipinski definition) is 1. The van der Waals surface area contributed by atoms with Gasteiger partial charge in [0.05, 0.1) is 7.11 Å². The first-order valence-electron chi connectivity index (χ1n) is 8.98. The minimum atomic E-state index is 0.266. The van der Waals surface area contributed by atoms with Crippen LogP contribution in [0.25, 0.3) is 10.8 Å². The lowest BCUT2D eigenvalue weighted by atomic mass is 9.87. The van der Waals surface area contributed by atoms with Crippen LogP contribution in [-0.4, -0.2) is 13.7 Å². The first-order chi connectivity index (χ1) is 12.1. The topological polar surface area (TPSA) is 35.2 Å². The van der Waals surface area contributed by atoms with Crippen LogP contribution in [-0.2, 0) is 6.42 Å². The predicted octanol–water partition coefficient (Wildman–Crippen LogP) is 5.26. The maximum Gasteiger partial charge on any atom is 0.122 e. The highest BCUT2D eigenvalue weighted by Gasteiger charge is 2.17. The molecule has 2 nitrogen and oxygen atoms in total. The van der Waals surface area contributed by atoms with Gasteiger partial charge in [0.15, 0.2) is 0 Å². The smallest absolute Gasteiger partial charge is 0.122 e. The van der Waals surface area contributed by atoms with Gasteiger partial charge < -0.3 is 10.5 Å². The average Bonchev–Trinajstić information content (AvgIpc) is 2.65. The maximum atomic E-state index is 6.19. The lowest BCUT2D eigenvalue weighted by Gasteiger charge is -2.20. The second kappa shape index (κ2) is 7.71. The molecule has 0 saturated heterocycles. The van der Waals surface area contributed by atoms with E-state index in [4.69, 9.17) is 10.5 Å². The van der Waals surface area contributed by atoms with Crippen molar-refractivity contribution in [3.63, 3.8) is 0 Å². The van der Waals surface area contributed by atoms with Gasteiger partial charge in [-0.2, -0.15) is 0 Å². The van der Waals surface area contributed by atoms with Crippen molar-refractivity contribution in [2.75, 3.05) is 13.7 Å². The van der Waals surface area contributed by atoms with Crippen LogP contribution in [0.3, 0.4) is 0 Å². The van der Waals surface area contributed by atoms with Crippen molar-refractivity contribution in [2.24, 2.45) is 5.73 Å². The second-order valence-electron chi connectivity index (χ2n) is 6.93. The number of nitrogens with two attached hydrogens (primary N) is 1. The number of benzene rings is 3. The summed E-state index contributed by atoms with van der Waals surface area (Å²) in [5, 5.41) is 2.56. The maximum absolute atomic E-state index is 6.19. The van der Waals surface area contributed by atoms with Crippen molar-refractivity contribution in [1.29, 1.82) is 0 Å². The molecule has 0 heterocycles. The zero-order chi connectivity index (χ0) is 17.8. The standard InChI is InChI=1S/C23H27NO/c1-16(2)18-11-12-23(25-3)19(13-18)14-20(15-24)22-10-6-8-17-7-4-5-9-21(17)22/h4-13,16,20H,14-15,24H2,1-3H3. The molecule has 0 aromatic heterocycles. The molecule has 2 heteroatoms. The van der Waals surface area contributed by atoms with E-state index in [0.29, 0.717) is 12.5 Å². The van der Waals surface area contributed by atoms with Crippen LogP contribution in [0.4, 0.5) is 0 Å². The third-order valence-corrected chi connectivity index (χ3v) is 4.99. The van der Waals surface area contributed by atoms with Gasteiger partial charge >= 0.3 is 0 Å². The molecule has 3 aromatic carbocycles. The third kappa shape index (κ3) is 3.69. The van der Waals surface area contributed by atoms with Gasteiger partial charge in [-0.1, -0.05) is 68.4 Å². The van der Waals surface area contributed by atoms with E-state index in [1.165, 1.54) is 27.5 Å². The Hall–Kier alpha value is -2.32. The molecule has 0 aliphatic heterocycles. The summed E-state index contributed by atoms with van der Waals surface area (Å²) >= 11 is 0. The van der Waals surface area contributed by atoms with Crippen molar-refractivity contribution in [2.45, 2.75) is 32.1 Å². The van der Waals surface area contributed by atoms with E-state index in [1.54, 1.807) is 7.11 Å². The fraction of sp³-hybridized carbons (Fsp3) is 0.304. The zero-order valence-corrected chi connectivity index (χ0v) is 15.3. The Kier molecular flexibility index (Phi) is 5.40. The molecule has 0 fully saturated rings. The Morgan fingerprint density at radius 3 is 2.44 bits per heavy atom. The summed E-state index contributed by atoms with van der Waals surface area (Å²) in [5.41, 5.74) is 10.1. The van der Waals surface area contributed by atoms with Crippen LogP contribution < -0.4 is 10.5 Å². The number of fused-ring (bicyclic) bond motifs is 1. The van der Waals surface area contributed by atoms with E-state index in [1.807, 2.05) is 0 Å². The molecule has 130 valence electrons. The molecule has 25 heavy (non-hydrogen) atoms. The van der Waals surface area contributed by atoms with E-state index in [9.17, 15) is 0 Å². The molecule has 3 rings (SSSR count). The molecule has 0 bridgehead atoms. The molecular weight excluding hydrogens is 306 g/mol. The van der Waals surface area contributed by atoms with Gasteiger partial charge in [0, 0.05) is 5.92 Å². The van der Waals surface area contributed by atoms with Crippen molar-refractivity contribution < 1.29 is 4.74 Å². The van der Waals surface area contributed by atoms with Crippen molar-refractivity contribution in [3.8, 4) is 5.75 Å². The molecule has 2 N–H and O–H groups in total. The first kappa shape index (κ1) is 17.5. The summed E-state index contributed by atoms with van der Waals surface area (Å²) in [6.45, 7) is 5.05. The monoisotopic (exact) mass is 333 g/mol. The molecule has 0 amide bonds. The molecule has 0 aliphatic carbocycles. The zero-order valence-electron chi connectivity index (χ0n) is 15.3. The minimum Gasteiger partial charge on any atom is -0.496 e. The van der Waals surface area contributed by atoms with E-state index in [0.717, 1.165) is 12.2 Å². The molecular formula is C23H27NO. The summed E-state index contributed by atoms with van der Waals surface area (Å²) in [4.78, 5) is 0. The largest absolute Gasteiger partial charge is 0.496 e. The molecule has 0 saturated carbocycles. The van der Waals surface area contributed by atoms with Gasteiger partial charge in [0.2, 0.25) is 0 Å². The Balaban J connectivity index is 2.01. The molecule has 0 aliphatic rings. The highest BCUT2D eigenvalue weighted by molar-refractivity contribution is 5.86.